The molecular weight excluding hydrogens is 250 g/mol. The van der Waals surface area contributed by atoms with Crippen molar-refractivity contribution in [3.05, 3.63) is 59.7 Å². The minimum Gasteiger partial charge on any atom is -0.457 e. The summed E-state index contributed by atoms with van der Waals surface area (Å²) in [7, 11) is 0. The molecule has 0 fully saturated rings. The van der Waals surface area contributed by atoms with Gasteiger partial charge in [0.05, 0.1) is 18.6 Å². The van der Waals surface area contributed by atoms with E-state index in [4.69, 9.17) is 10.00 Å². The van der Waals surface area contributed by atoms with Gasteiger partial charge in [-0.3, -0.25) is 0 Å². The van der Waals surface area contributed by atoms with Crippen molar-refractivity contribution >= 4 is 0 Å². The van der Waals surface area contributed by atoms with Crippen LogP contribution in [-0.4, -0.2) is 5.11 Å². The van der Waals surface area contributed by atoms with Crippen LogP contribution in [-0.2, 0) is 6.42 Å². The molecule has 0 aromatic heterocycles. The maximum Gasteiger partial charge on any atom is 0.133 e. The smallest absolute Gasteiger partial charge is 0.133 e. The van der Waals surface area contributed by atoms with Crippen LogP contribution in [0.2, 0.25) is 0 Å². The van der Waals surface area contributed by atoms with Crippen molar-refractivity contribution in [2.75, 3.05) is 0 Å². The number of nitriles is 1. The third-order valence-corrected chi connectivity index (χ3v) is 3.10. The van der Waals surface area contributed by atoms with E-state index in [1.165, 1.54) is 0 Å². The Hall–Kier alpha value is -2.31. The molecule has 3 nitrogen and oxygen atoms in total. The molecule has 0 radical (unpaired) electrons. The summed E-state index contributed by atoms with van der Waals surface area (Å²) >= 11 is 0. The highest BCUT2D eigenvalue weighted by molar-refractivity contribution is 5.39. The molecule has 0 saturated carbocycles. The summed E-state index contributed by atoms with van der Waals surface area (Å²) in [5.74, 6) is 1.36. The maximum absolute atomic E-state index is 9.99. The summed E-state index contributed by atoms with van der Waals surface area (Å²) in [6.45, 7) is 1.93. The number of rotatable bonds is 5. The molecule has 20 heavy (non-hydrogen) atoms. The molecule has 0 aliphatic heterocycles. The molecule has 1 N–H and O–H groups in total. The average molecular weight is 267 g/mol. The highest BCUT2D eigenvalue weighted by Gasteiger charge is 2.11. The molecule has 2 aromatic carbocycles. The first-order valence-electron chi connectivity index (χ1n) is 6.65. The normalized spacial score (nSPS) is 11.7. The molecule has 2 rings (SSSR count). The fourth-order valence-electron chi connectivity index (χ4n) is 1.96. The molecule has 0 aliphatic rings. The molecule has 2 aromatic rings. The van der Waals surface area contributed by atoms with Gasteiger partial charge in [-0.05, 0) is 30.2 Å². The number of benzene rings is 2. The standard InChI is InChI=1S/C17H17NO2/c1-2-16(19)15-5-3-4-6-17(15)20-14-9-7-13(8-10-14)11-12-18/h3-10,16,19H,2,11H2,1H3. The first kappa shape index (κ1) is 14.1. The quantitative estimate of drug-likeness (QED) is 0.891. The lowest BCUT2D eigenvalue weighted by molar-refractivity contribution is 0.170. The molecule has 1 atom stereocenters. The Morgan fingerprint density at radius 3 is 2.50 bits per heavy atom. The zero-order valence-corrected chi connectivity index (χ0v) is 11.4. The number of aliphatic hydroxyl groups excluding tert-OH is 1. The Kier molecular flexibility index (Phi) is 4.75. The van der Waals surface area contributed by atoms with Gasteiger partial charge in [0.1, 0.15) is 11.5 Å². The zero-order valence-electron chi connectivity index (χ0n) is 11.4. The second-order valence-corrected chi connectivity index (χ2v) is 4.54. The van der Waals surface area contributed by atoms with Crippen LogP contribution in [0, 0.1) is 11.3 Å². The van der Waals surface area contributed by atoms with Gasteiger partial charge in [0, 0.05) is 5.56 Å². The predicted molar refractivity (Wildman–Crippen MR) is 77.5 cm³/mol. The average Bonchev–Trinajstić information content (AvgIpc) is 2.49. The first-order valence-corrected chi connectivity index (χ1v) is 6.65. The van der Waals surface area contributed by atoms with Crippen molar-refractivity contribution in [1.29, 1.82) is 5.26 Å². The van der Waals surface area contributed by atoms with E-state index in [0.29, 0.717) is 24.3 Å². The topological polar surface area (TPSA) is 53.2 Å². The van der Waals surface area contributed by atoms with Crippen molar-refractivity contribution in [2.24, 2.45) is 0 Å². The summed E-state index contributed by atoms with van der Waals surface area (Å²) in [6.07, 6.45) is 0.511. The van der Waals surface area contributed by atoms with Crippen LogP contribution in [0.15, 0.2) is 48.5 Å². The van der Waals surface area contributed by atoms with Crippen molar-refractivity contribution in [3.8, 4) is 17.6 Å². The van der Waals surface area contributed by atoms with Crippen molar-refractivity contribution in [2.45, 2.75) is 25.9 Å². The minimum absolute atomic E-state index is 0.394. The Morgan fingerprint density at radius 1 is 1.15 bits per heavy atom. The lowest BCUT2D eigenvalue weighted by Crippen LogP contribution is -1.98. The van der Waals surface area contributed by atoms with E-state index in [2.05, 4.69) is 6.07 Å². The van der Waals surface area contributed by atoms with Crippen LogP contribution in [0.25, 0.3) is 0 Å². The van der Waals surface area contributed by atoms with Gasteiger partial charge in [-0.15, -0.1) is 0 Å². The highest BCUT2D eigenvalue weighted by atomic mass is 16.5. The van der Waals surface area contributed by atoms with Gasteiger partial charge in [-0.1, -0.05) is 37.3 Å². The summed E-state index contributed by atoms with van der Waals surface area (Å²) in [5, 5.41) is 18.6. The summed E-state index contributed by atoms with van der Waals surface area (Å²) in [5.41, 5.74) is 1.75. The Bertz CT molecular complexity index is 599. The van der Waals surface area contributed by atoms with E-state index in [1.54, 1.807) is 0 Å². The van der Waals surface area contributed by atoms with Gasteiger partial charge in [-0.2, -0.15) is 5.26 Å². The monoisotopic (exact) mass is 267 g/mol. The molecule has 102 valence electrons. The molecular formula is C17H17NO2. The molecule has 1 unspecified atom stereocenters. The molecule has 0 heterocycles. The Morgan fingerprint density at radius 2 is 1.85 bits per heavy atom. The fraction of sp³-hybridized carbons (Fsp3) is 0.235. The summed E-state index contributed by atoms with van der Waals surface area (Å²) in [4.78, 5) is 0. The second kappa shape index (κ2) is 6.74. The third-order valence-electron chi connectivity index (χ3n) is 3.10. The molecule has 0 bridgehead atoms. The van der Waals surface area contributed by atoms with Crippen molar-refractivity contribution < 1.29 is 9.84 Å². The zero-order chi connectivity index (χ0) is 14.4. The minimum atomic E-state index is -0.524. The molecule has 0 saturated heterocycles. The van der Waals surface area contributed by atoms with E-state index in [0.717, 1.165) is 11.1 Å². The fourth-order valence-corrected chi connectivity index (χ4v) is 1.96. The van der Waals surface area contributed by atoms with Gasteiger partial charge >= 0.3 is 0 Å². The summed E-state index contributed by atoms with van der Waals surface area (Å²) in [6, 6.07) is 17.0. The molecule has 3 heteroatoms. The number of para-hydroxylation sites is 1. The SMILES string of the molecule is CCC(O)c1ccccc1Oc1ccc(CC#N)cc1. The third kappa shape index (κ3) is 3.37. The van der Waals surface area contributed by atoms with Gasteiger partial charge in [-0.25, -0.2) is 0 Å². The maximum atomic E-state index is 9.99. The Labute approximate surface area is 119 Å². The lowest BCUT2D eigenvalue weighted by atomic mass is 10.1. The molecule has 0 amide bonds. The van der Waals surface area contributed by atoms with Crippen LogP contribution >= 0.6 is 0 Å². The lowest BCUT2D eigenvalue weighted by Gasteiger charge is -2.14. The van der Waals surface area contributed by atoms with Crippen LogP contribution in [0.4, 0.5) is 0 Å². The number of ether oxygens (including phenoxy) is 1. The Balaban J connectivity index is 2.19. The number of nitrogens with zero attached hydrogens (tertiary/aromatic N) is 1. The number of hydrogen-bond donors (Lipinski definition) is 1. The van der Waals surface area contributed by atoms with E-state index in [1.807, 2.05) is 55.5 Å². The molecule has 0 aliphatic carbocycles. The second-order valence-electron chi connectivity index (χ2n) is 4.54. The highest BCUT2D eigenvalue weighted by Crippen LogP contribution is 2.30. The van der Waals surface area contributed by atoms with Gasteiger partial charge in [0.15, 0.2) is 0 Å². The van der Waals surface area contributed by atoms with E-state index in [-0.39, 0.29) is 0 Å². The van der Waals surface area contributed by atoms with E-state index < -0.39 is 6.10 Å². The first-order chi connectivity index (χ1) is 9.74. The van der Waals surface area contributed by atoms with E-state index >= 15 is 0 Å². The number of hydrogen-bond acceptors (Lipinski definition) is 3. The van der Waals surface area contributed by atoms with Gasteiger partial charge in [0.25, 0.3) is 0 Å². The van der Waals surface area contributed by atoms with E-state index in [9.17, 15) is 5.11 Å². The molecule has 0 spiro atoms. The number of aliphatic hydroxyl groups is 1. The van der Waals surface area contributed by atoms with Crippen molar-refractivity contribution in [3.63, 3.8) is 0 Å². The van der Waals surface area contributed by atoms with Crippen LogP contribution in [0.5, 0.6) is 11.5 Å². The van der Waals surface area contributed by atoms with Gasteiger partial charge in [0.2, 0.25) is 0 Å². The van der Waals surface area contributed by atoms with Gasteiger partial charge < -0.3 is 9.84 Å². The predicted octanol–water partition coefficient (Wildman–Crippen LogP) is 3.99. The van der Waals surface area contributed by atoms with Crippen molar-refractivity contribution in [1.82, 2.24) is 0 Å². The summed E-state index contributed by atoms with van der Waals surface area (Å²) < 4.78 is 5.82. The van der Waals surface area contributed by atoms with Crippen LogP contribution in [0.1, 0.15) is 30.6 Å². The van der Waals surface area contributed by atoms with Crippen LogP contribution in [0.3, 0.4) is 0 Å². The largest absolute Gasteiger partial charge is 0.457 e. The van der Waals surface area contributed by atoms with Crippen LogP contribution < -0.4 is 4.74 Å².